The standard InChI is InChI=1S/C14H10ClNO3S/c15-9-2-1-3-10(8-9)16-14(19)12-6-4-11(20-12)5-7-13(17)18/h1-8H,(H,16,19)(H,17,18). The van der Waals surface area contributed by atoms with E-state index in [1.165, 1.54) is 17.4 Å². The molecule has 0 aliphatic rings. The van der Waals surface area contributed by atoms with Gasteiger partial charge in [0.05, 0.1) is 4.88 Å². The molecule has 0 radical (unpaired) electrons. The van der Waals surface area contributed by atoms with Crippen LogP contribution in [-0.4, -0.2) is 17.0 Å². The SMILES string of the molecule is O=C(O)C=Cc1ccc(C(=O)Nc2cccc(Cl)c2)s1. The van der Waals surface area contributed by atoms with Crippen molar-refractivity contribution in [3.05, 3.63) is 57.3 Å². The Morgan fingerprint density at radius 2 is 2.05 bits per heavy atom. The highest BCUT2D eigenvalue weighted by molar-refractivity contribution is 7.15. The number of carboxylic acid groups (broad SMARTS) is 1. The second-order valence-corrected chi connectivity index (χ2v) is 5.39. The summed E-state index contributed by atoms with van der Waals surface area (Å²) >= 11 is 7.05. The van der Waals surface area contributed by atoms with Gasteiger partial charge < -0.3 is 10.4 Å². The van der Waals surface area contributed by atoms with Gasteiger partial charge in [-0.3, -0.25) is 4.79 Å². The Morgan fingerprint density at radius 3 is 2.75 bits per heavy atom. The van der Waals surface area contributed by atoms with Crippen molar-refractivity contribution in [1.82, 2.24) is 0 Å². The van der Waals surface area contributed by atoms with Crippen LogP contribution in [0.5, 0.6) is 0 Å². The molecule has 1 amide bonds. The molecule has 0 aliphatic carbocycles. The number of rotatable bonds is 4. The third-order valence-corrected chi connectivity index (χ3v) is 3.61. The topological polar surface area (TPSA) is 66.4 Å². The van der Waals surface area contributed by atoms with Crippen LogP contribution in [0.3, 0.4) is 0 Å². The van der Waals surface area contributed by atoms with Crippen molar-refractivity contribution >= 4 is 46.6 Å². The first kappa shape index (κ1) is 14.3. The largest absolute Gasteiger partial charge is 0.478 e. The minimum atomic E-state index is -1.02. The molecule has 0 fully saturated rings. The number of anilines is 1. The molecule has 1 aromatic carbocycles. The highest BCUT2D eigenvalue weighted by atomic mass is 35.5. The van der Waals surface area contributed by atoms with E-state index in [1.54, 1.807) is 36.4 Å². The zero-order chi connectivity index (χ0) is 14.5. The molecule has 0 saturated heterocycles. The van der Waals surface area contributed by atoms with Crippen LogP contribution in [0.25, 0.3) is 6.08 Å². The number of carboxylic acids is 1. The fourth-order valence-electron chi connectivity index (χ4n) is 1.48. The summed E-state index contributed by atoms with van der Waals surface area (Å²) in [5.74, 6) is -1.28. The predicted octanol–water partition coefficient (Wildman–Crippen LogP) is 3.75. The van der Waals surface area contributed by atoms with Crippen LogP contribution < -0.4 is 5.32 Å². The lowest BCUT2D eigenvalue weighted by Gasteiger charge is -2.03. The molecule has 4 nitrogen and oxygen atoms in total. The van der Waals surface area contributed by atoms with Crippen molar-refractivity contribution in [3.63, 3.8) is 0 Å². The number of benzene rings is 1. The van der Waals surface area contributed by atoms with Crippen LogP contribution in [0.1, 0.15) is 14.5 Å². The Hall–Kier alpha value is -2.11. The van der Waals surface area contributed by atoms with Crippen LogP contribution in [-0.2, 0) is 4.79 Å². The van der Waals surface area contributed by atoms with Crippen molar-refractivity contribution in [2.45, 2.75) is 0 Å². The number of thiophene rings is 1. The van der Waals surface area contributed by atoms with Gasteiger partial charge in [0.15, 0.2) is 0 Å². The summed E-state index contributed by atoms with van der Waals surface area (Å²) in [5, 5.41) is 11.8. The summed E-state index contributed by atoms with van der Waals surface area (Å²) in [6.45, 7) is 0. The van der Waals surface area contributed by atoms with Crippen LogP contribution in [0, 0.1) is 0 Å². The summed E-state index contributed by atoms with van der Waals surface area (Å²) in [4.78, 5) is 23.6. The maximum atomic E-state index is 12.0. The van der Waals surface area contributed by atoms with Gasteiger partial charge >= 0.3 is 5.97 Å². The van der Waals surface area contributed by atoms with Crippen molar-refractivity contribution in [1.29, 1.82) is 0 Å². The quantitative estimate of drug-likeness (QED) is 0.845. The summed E-state index contributed by atoms with van der Waals surface area (Å²) in [6.07, 6.45) is 2.48. The van der Waals surface area contributed by atoms with Crippen LogP contribution in [0.2, 0.25) is 5.02 Å². The number of aliphatic carboxylic acids is 1. The average molecular weight is 308 g/mol. The molecule has 1 aromatic heterocycles. The fourth-order valence-corrected chi connectivity index (χ4v) is 2.47. The highest BCUT2D eigenvalue weighted by Gasteiger charge is 2.09. The number of hydrogen-bond donors (Lipinski definition) is 2. The molecule has 2 rings (SSSR count). The number of nitrogens with one attached hydrogen (secondary N) is 1. The third-order valence-electron chi connectivity index (χ3n) is 2.32. The monoisotopic (exact) mass is 307 g/mol. The summed E-state index contributed by atoms with van der Waals surface area (Å²) in [6, 6.07) is 10.2. The molecule has 6 heteroatoms. The maximum absolute atomic E-state index is 12.0. The Labute approximate surface area is 124 Å². The van der Waals surface area contributed by atoms with Crippen molar-refractivity contribution in [3.8, 4) is 0 Å². The lowest BCUT2D eigenvalue weighted by atomic mass is 10.3. The lowest BCUT2D eigenvalue weighted by Crippen LogP contribution is -2.09. The van der Waals surface area contributed by atoms with Crippen LogP contribution in [0.15, 0.2) is 42.5 Å². The lowest BCUT2D eigenvalue weighted by molar-refractivity contribution is -0.131. The number of carbonyl (C=O) groups excluding carboxylic acids is 1. The predicted molar refractivity (Wildman–Crippen MR) is 80.4 cm³/mol. The van der Waals surface area contributed by atoms with E-state index in [0.29, 0.717) is 20.5 Å². The molecule has 0 atom stereocenters. The molecular formula is C14H10ClNO3S. The first-order chi connectivity index (χ1) is 9.54. The van der Waals surface area contributed by atoms with Gasteiger partial charge in [-0.15, -0.1) is 11.3 Å². The minimum Gasteiger partial charge on any atom is -0.478 e. The minimum absolute atomic E-state index is 0.257. The normalized spacial score (nSPS) is 10.7. The number of hydrogen-bond acceptors (Lipinski definition) is 3. The molecular weight excluding hydrogens is 298 g/mol. The first-order valence-corrected chi connectivity index (χ1v) is 6.82. The summed E-state index contributed by atoms with van der Waals surface area (Å²) in [7, 11) is 0. The van der Waals surface area contributed by atoms with Gasteiger partial charge in [-0.05, 0) is 36.4 Å². The van der Waals surface area contributed by atoms with E-state index < -0.39 is 5.97 Å². The Morgan fingerprint density at radius 1 is 1.25 bits per heavy atom. The number of amides is 1. The summed E-state index contributed by atoms with van der Waals surface area (Å²) < 4.78 is 0. The fraction of sp³-hybridized carbons (Fsp3) is 0. The second kappa shape index (κ2) is 6.36. The van der Waals surface area contributed by atoms with Gasteiger partial charge in [0, 0.05) is 21.7 Å². The smallest absolute Gasteiger partial charge is 0.328 e. The molecule has 2 N–H and O–H groups in total. The molecule has 0 spiro atoms. The first-order valence-electron chi connectivity index (χ1n) is 5.62. The maximum Gasteiger partial charge on any atom is 0.328 e. The van der Waals surface area contributed by atoms with Gasteiger partial charge in [0.1, 0.15) is 0 Å². The van der Waals surface area contributed by atoms with E-state index in [1.807, 2.05) is 0 Å². The van der Waals surface area contributed by atoms with E-state index in [-0.39, 0.29) is 5.91 Å². The molecule has 1 heterocycles. The number of carbonyl (C=O) groups is 2. The van der Waals surface area contributed by atoms with Crippen molar-refractivity contribution in [2.75, 3.05) is 5.32 Å². The van der Waals surface area contributed by atoms with Crippen molar-refractivity contribution < 1.29 is 14.7 Å². The Bertz CT molecular complexity index is 679. The molecule has 0 bridgehead atoms. The van der Waals surface area contributed by atoms with E-state index >= 15 is 0 Å². The van der Waals surface area contributed by atoms with Gasteiger partial charge in [-0.25, -0.2) is 4.79 Å². The van der Waals surface area contributed by atoms with E-state index in [2.05, 4.69) is 5.32 Å². The van der Waals surface area contributed by atoms with Gasteiger partial charge in [-0.2, -0.15) is 0 Å². The van der Waals surface area contributed by atoms with E-state index in [9.17, 15) is 9.59 Å². The van der Waals surface area contributed by atoms with Gasteiger partial charge in [-0.1, -0.05) is 17.7 Å². The number of halogens is 1. The zero-order valence-corrected chi connectivity index (χ0v) is 11.7. The molecule has 0 aliphatic heterocycles. The molecule has 20 heavy (non-hydrogen) atoms. The third kappa shape index (κ3) is 3.94. The van der Waals surface area contributed by atoms with E-state index in [4.69, 9.17) is 16.7 Å². The van der Waals surface area contributed by atoms with Crippen molar-refractivity contribution in [2.24, 2.45) is 0 Å². The van der Waals surface area contributed by atoms with E-state index in [0.717, 1.165) is 6.08 Å². The molecule has 0 unspecified atom stereocenters. The summed E-state index contributed by atoms with van der Waals surface area (Å²) in [5.41, 5.74) is 0.610. The molecule has 2 aromatic rings. The average Bonchev–Trinajstić information content (AvgIpc) is 2.85. The molecule has 102 valence electrons. The second-order valence-electron chi connectivity index (χ2n) is 3.84. The zero-order valence-electron chi connectivity index (χ0n) is 10.2. The van der Waals surface area contributed by atoms with Gasteiger partial charge in [0.2, 0.25) is 0 Å². The molecule has 0 saturated carbocycles. The van der Waals surface area contributed by atoms with Crippen LogP contribution in [0.4, 0.5) is 5.69 Å². The Kier molecular flexibility index (Phi) is 4.55. The highest BCUT2D eigenvalue weighted by Crippen LogP contribution is 2.20. The Balaban J connectivity index is 2.08. The van der Waals surface area contributed by atoms with Crippen LogP contribution >= 0.6 is 22.9 Å². The van der Waals surface area contributed by atoms with Gasteiger partial charge in [0.25, 0.3) is 5.91 Å².